The van der Waals surface area contributed by atoms with Crippen molar-refractivity contribution in [2.45, 2.75) is 19.4 Å². The molecule has 0 radical (unpaired) electrons. The first-order valence-electron chi connectivity index (χ1n) is 5.39. The second-order valence-electron chi connectivity index (χ2n) is 3.93. The average Bonchev–Trinajstić information content (AvgIpc) is 2.21. The van der Waals surface area contributed by atoms with Crippen LogP contribution in [0.1, 0.15) is 13.3 Å². The van der Waals surface area contributed by atoms with Crippen molar-refractivity contribution in [3.05, 3.63) is 0 Å². The van der Waals surface area contributed by atoms with Gasteiger partial charge in [0.1, 0.15) is 0 Å². The molecule has 0 aromatic heterocycles. The number of hydrogen-bond acceptors (Lipinski definition) is 4. The van der Waals surface area contributed by atoms with E-state index in [0.29, 0.717) is 6.54 Å². The zero-order valence-electron chi connectivity index (χ0n) is 9.63. The normalized spacial score (nSPS) is 18.5. The van der Waals surface area contributed by atoms with E-state index in [1.807, 2.05) is 0 Å². The maximum atomic E-state index is 11.6. The molecule has 1 saturated heterocycles. The Bertz CT molecular complexity index is 331. The van der Waals surface area contributed by atoms with E-state index in [-0.39, 0.29) is 31.4 Å². The standard InChI is InChI=1S/C10H16N2O5/c1-2-11-5-9(15)12(6-8(11)14)4-7(13)3-10(16)17/h7,13H,2-6H2,1H3,(H,16,17). The molecular weight excluding hydrogens is 228 g/mol. The van der Waals surface area contributed by atoms with Crippen LogP contribution in [0.4, 0.5) is 0 Å². The molecule has 7 heteroatoms. The lowest BCUT2D eigenvalue weighted by atomic mass is 10.2. The fourth-order valence-corrected chi connectivity index (χ4v) is 1.68. The number of carbonyl (C=O) groups excluding carboxylic acids is 2. The van der Waals surface area contributed by atoms with E-state index < -0.39 is 18.5 Å². The highest BCUT2D eigenvalue weighted by Crippen LogP contribution is 2.06. The van der Waals surface area contributed by atoms with Crippen LogP contribution < -0.4 is 0 Å². The van der Waals surface area contributed by atoms with Gasteiger partial charge < -0.3 is 20.0 Å². The van der Waals surface area contributed by atoms with Crippen LogP contribution in [-0.2, 0) is 14.4 Å². The van der Waals surface area contributed by atoms with Crippen LogP contribution >= 0.6 is 0 Å². The van der Waals surface area contributed by atoms with Crippen molar-refractivity contribution in [3.8, 4) is 0 Å². The van der Waals surface area contributed by atoms with Gasteiger partial charge in [-0.05, 0) is 6.92 Å². The molecule has 0 aromatic carbocycles. The summed E-state index contributed by atoms with van der Waals surface area (Å²) in [4.78, 5) is 36.1. The molecule has 96 valence electrons. The minimum Gasteiger partial charge on any atom is -0.481 e. The van der Waals surface area contributed by atoms with Gasteiger partial charge in [-0.3, -0.25) is 14.4 Å². The highest BCUT2D eigenvalue weighted by atomic mass is 16.4. The summed E-state index contributed by atoms with van der Waals surface area (Å²) >= 11 is 0. The fraction of sp³-hybridized carbons (Fsp3) is 0.700. The molecule has 1 aliphatic heterocycles. The number of β-amino-alcohol motifs (C(OH)–C–C–N with tert-alkyl or cyclic N) is 1. The number of aliphatic hydroxyl groups is 1. The number of likely N-dealkylation sites (N-methyl/N-ethyl adjacent to an activating group) is 1. The van der Waals surface area contributed by atoms with Crippen molar-refractivity contribution in [2.75, 3.05) is 26.2 Å². The molecule has 2 N–H and O–H groups in total. The number of carboxylic acids is 1. The average molecular weight is 244 g/mol. The van der Waals surface area contributed by atoms with Crippen LogP contribution in [-0.4, -0.2) is 70.1 Å². The van der Waals surface area contributed by atoms with Crippen LogP contribution in [0.2, 0.25) is 0 Å². The SMILES string of the molecule is CCN1CC(=O)N(CC(O)CC(=O)O)CC1=O. The molecule has 1 heterocycles. The van der Waals surface area contributed by atoms with Crippen molar-refractivity contribution in [1.29, 1.82) is 0 Å². The Hall–Kier alpha value is -1.63. The van der Waals surface area contributed by atoms with Gasteiger partial charge in [0, 0.05) is 13.1 Å². The lowest BCUT2D eigenvalue weighted by molar-refractivity contribution is -0.151. The highest BCUT2D eigenvalue weighted by molar-refractivity contribution is 5.92. The predicted octanol–water partition coefficient (Wildman–Crippen LogP) is -1.49. The van der Waals surface area contributed by atoms with Crippen molar-refractivity contribution in [3.63, 3.8) is 0 Å². The lowest BCUT2D eigenvalue weighted by Gasteiger charge is -2.34. The molecule has 0 bridgehead atoms. The summed E-state index contributed by atoms with van der Waals surface area (Å²) < 4.78 is 0. The quantitative estimate of drug-likeness (QED) is 0.614. The first-order chi connectivity index (χ1) is 7.93. The number of rotatable bonds is 5. The van der Waals surface area contributed by atoms with Gasteiger partial charge in [-0.2, -0.15) is 0 Å². The summed E-state index contributed by atoms with van der Waals surface area (Å²) in [6, 6.07) is 0. The van der Waals surface area contributed by atoms with Crippen LogP contribution in [0, 0.1) is 0 Å². The molecule has 17 heavy (non-hydrogen) atoms. The van der Waals surface area contributed by atoms with Gasteiger partial charge in [-0.1, -0.05) is 0 Å². The summed E-state index contributed by atoms with van der Waals surface area (Å²) in [5, 5.41) is 17.9. The Morgan fingerprint density at radius 3 is 2.35 bits per heavy atom. The molecule has 1 rings (SSSR count). The van der Waals surface area contributed by atoms with E-state index >= 15 is 0 Å². The van der Waals surface area contributed by atoms with E-state index in [4.69, 9.17) is 5.11 Å². The van der Waals surface area contributed by atoms with Gasteiger partial charge in [0.25, 0.3) is 0 Å². The molecule has 1 fully saturated rings. The van der Waals surface area contributed by atoms with E-state index in [0.717, 1.165) is 0 Å². The Labute approximate surface area is 98.6 Å². The van der Waals surface area contributed by atoms with E-state index in [9.17, 15) is 19.5 Å². The minimum absolute atomic E-state index is 0.00484. The zero-order valence-corrected chi connectivity index (χ0v) is 9.63. The molecule has 0 saturated carbocycles. The molecule has 7 nitrogen and oxygen atoms in total. The molecule has 0 aliphatic carbocycles. The lowest BCUT2D eigenvalue weighted by Crippen LogP contribution is -2.55. The number of nitrogens with zero attached hydrogens (tertiary/aromatic N) is 2. The monoisotopic (exact) mass is 244 g/mol. The fourth-order valence-electron chi connectivity index (χ4n) is 1.68. The van der Waals surface area contributed by atoms with Crippen molar-refractivity contribution >= 4 is 17.8 Å². The second-order valence-corrected chi connectivity index (χ2v) is 3.93. The molecule has 0 spiro atoms. The highest BCUT2D eigenvalue weighted by Gasteiger charge is 2.30. The summed E-state index contributed by atoms with van der Waals surface area (Å²) in [5.41, 5.74) is 0. The van der Waals surface area contributed by atoms with E-state index in [2.05, 4.69) is 0 Å². The van der Waals surface area contributed by atoms with Crippen LogP contribution in [0.15, 0.2) is 0 Å². The van der Waals surface area contributed by atoms with Crippen LogP contribution in [0.5, 0.6) is 0 Å². The number of carboxylic acid groups (broad SMARTS) is 1. The number of carbonyl (C=O) groups is 3. The molecule has 1 atom stereocenters. The third-order valence-corrected chi connectivity index (χ3v) is 2.58. The van der Waals surface area contributed by atoms with Gasteiger partial charge in [0.05, 0.1) is 25.6 Å². The second kappa shape index (κ2) is 5.62. The van der Waals surface area contributed by atoms with Crippen molar-refractivity contribution in [1.82, 2.24) is 9.80 Å². The first-order valence-corrected chi connectivity index (χ1v) is 5.39. The Morgan fingerprint density at radius 2 is 1.82 bits per heavy atom. The van der Waals surface area contributed by atoms with E-state index in [1.54, 1.807) is 6.92 Å². The minimum atomic E-state index is -1.14. The Morgan fingerprint density at radius 1 is 1.29 bits per heavy atom. The summed E-state index contributed by atoms with van der Waals surface area (Å²) in [7, 11) is 0. The number of amides is 2. The summed E-state index contributed by atoms with van der Waals surface area (Å²) in [6.45, 7) is 2.03. The summed E-state index contributed by atoms with van der Waals surface area (Å²) in [6.07, 6.45) is -1.58. The molecule has 0 aromatic rings. The zero-order chi connectivity index (χ0) is 13.0. The third-order valence-electron chi connectivity index (χ3n) is 2.58. The van der Waals surface area contributed by atoms with Gasteiger partial charge in [0.2, 0.25) is 11.8 Å². The van der Waals surface area contributed by atoms with E-state index in [1.165, 1.54) is 9.80 Å². The first kappa shape index (κ1) is 13.4. The maximum absolute atomic E-state index is 11.6. The van der Waals surface area contributed by atoms with Crippen LogP contribution in [0.3, 0.4) is 0 Å². The smallest absolute Gasteiger partial charge is 0.306 e. The molecular formula is C10H16N2O5. The van der Waals surface area contributed by atoms with Crippen LogP contribution in [0.25, 0.3) is 0 Å². The van der Waals surface area contributed by atoms with Crippen molar-refractivity contribution < 1.29 is 24.6 Å². The number of piperazine rings is 1. The predicted molar refractivity (Wildman–Crippen MR) is 57.1 cm³/mol. The maximum Gasteiger partial charge on any atom is 0.306 e. The number of aliphatic hydroxyl groups excluding tert-OH is 1. The van der Waals surface area contributed by atoms with Gasteiger partial charge >= 0.3 is 5.97 Å². The largest absolute Gasteiger partial charge is 0.481 e. The number of hydrogen-bond donors (Lipinski definition) is 2. The third kappa shape index (κ3) is 3.70. The van der Waals surface area contributed by atoms with Gasteiger partial charge in [-0.25, -0.2) is 0 Å². The Balaban J connectivity index is 2.52. The van der Waals surface area contributed by atoms with Crippen molar-refractivity contribution in [2.24, 2.45) is 0 Å². The Kier molecular flexibility index (Phi) is 4.45. The summed E-state index contributed by atoms with van der Waals surface area (Å²) in [5.74, 6) is -1.59. The molecule has 1 aliphatic rings. The van der Waals surface area contributed by atoms with Gasteiger partial charge in [-0.15, -0.1) is 0 Å². The number of aliphatic carboxylic acids is 1. The van der Waals surface area contributed by atoms with Gasteiger partial charge in [0.15, 0.2) is 0 Å². The topological polar surface area (TPSA) is 98.2 Å². The molecule has 2 amide bonds. The molecule has 1 unspecified atom stereocenters.